The van der Waals surface area contributed by atoms with Gasteiger partial charge in [0.2, 0.25) is 0 Å². The number of allylic oxidation sites excluding steroid dienone is 8. The van der Waals surface area contributed by atoms with Crippen LogP contribution in [-0.4, -0.2) is 7.05 Å². The minimum atomic E-state index is 0.971. The maximum atomic E-state index is 3.76. The molecule has 0 saturated carbocycles. The topological polar surface area (TPSA) is 12.0 Å². The van der Waals surface area contributed by atoms with Crippen LogP contribution in [0.5, 0.6) is 0 Å². The van der Waals surface area contributed by atoms with Gasteiger partial charge in [-0.05, 0) is 38.1 Å². The third-order valence-electron chi connectivity index (χ3n) is 1.93. The van der Waals surface area contributed by atoms with E-state index in [1.165, 1.54) is 11.1 Å². The van der Waals surface area contributed by atoms with Gasteiger partial charge in [-0.3, -0.25) is 0 Å². The maximum absolute atomic E-state index is 3.76. The van der Waals surface area contributed by atoms with Gasteiger partial charge in [-0.1, -0.05) is 42.5 Å². The summed E-state index contributed by atoms with van der Waals surface area (Å²) in [5.74, 6) is 0. The van der Waals surface area contributed by atoms with Crippen LogP contribution >= 0.6 is 0 Å². The standard InChI is InChI=1S/C14H21N/c1-5-14(6-2)12-13(3)10-8-7-9-11-15-4/h5-9,11-12,15H,1,10H2,2-4H3/b8-7-,11-9-,13-12+,14-6-. The Hall–Kier alpha value is -1.50. The quantitative estimate of drug-likeness (QED) is 0.648. The monoisotopic (exact) mass is 203 g/mol. The molecular formula is C14H21N. The molecule has 0 aromatic heterocycles. The van der Waals surface area contributed by atoms with Crippen molar-refractivity contribution in [2.24, 2.45) is 0 Å². The summed E-state index contributed by atoms with van der Waals surface area (Å²) in [6.07, 6.45) is 15.1. The van der Waals surface area contributed by atoms with Gasteiger partial charge < -0.3 is 5.32 Å². The molecule has 0 aromatic carbocycles. The van der Waals surface area contributed by atoms with Gasteiger partial charge in [0.15, 0.2) is 0 Å². The first kappa shape index (κ1) is 13.5. The SMILES string of the molecule is C=CC(=C/C)/C=C(\C)C/C=C\C=C/NC. The summed E-state index contributed by atoms with van der Waals surface area (Å²) < 4.78 is 0. The molecule has 1 heteroatoms. The highest BCUT2D eigenvalue weighted by Crippen LogP contribution is 2.07. The Morgan fingerprint density at radius 1 is 1.33 bits per heavy atom. The van der Waals surface area contributed by atoms with E-state index in [0.29, 0.717) is 0 Å². The Morgan fingerprint density at radius 3 is 2.60 bits per heavy atom. The van der Waals surface area contributed by atoms with Crippen molar-refractivity contribution in [3.8, 4) is 0 Å². The molecule has 0 aliphatic carbocycles. The van der Waals surface area contributed by atoms with Gasteiger partial charge in [0.1, 0.15) is 0 Å². The highest BCUT2D eigenvalue weighted by atomic mass is 14.8. The first-order valence-corrected chi connectivity index (χ1v) is 5.19. The molecule has 0 saturated heterocycles. The minimum Gasteiger partial charge on any atom is -0.394 e. The van der Waals surface area contributed by atoms with Gasteiger partial charge in [-0.15, -0.1) is 0 Å². The second-order valence-electron chi connectivity index (χ2n) is 3.26. The number of nitrogens with one attached hydrogen (secondary N) is 1. The molecular weight excluding hydrogens is 182 g/mol. The van der Waals surface area contributed by atoms with Gasteiger partial charge in [0, 0.05) is 7.05 Å². The lowest BCUT2D eigenvalue weighted by Gasteiger charge is -1.96. The number of hydrogen-bond acceptors (Lipinski definition) is 1. The van der Waals surface area contributed by atoms with Gasteiger partial charge in [0.25, 0.3) is 0 Å². The Balaban J connectivity index is 4.13. The van der Waals surface area contributed by atoms with Crippen molar-refractivity contribution in [2.75, 3.05) is 7.05 Å². The molecule has 0 aliphatic heterocycles. The van der Waals surface area contributed by atoms with Crippen LogP contribution in [0.25, 0.3) is 0 Å². The van der Waals surface area contributed by atoms with E-state index in [1.807, 2.05) is 38.4 Å². The molecule has 0 heterocycles. The normalized spacial score (nSPS) is 13.8. The number of hydrogen-bond donors (Lipinski definition) is 1. The molecule has 1 N–H and O–H groups in total. The molecule has 0 unspecified atom stereocenters. The summed E-state index contributed by atoms with van der Waals surface area (Å²) in [5.41, 5.74) is 2.50. The van der Waals surface area contributed by atoms with Crippen molar-refractivity contribution in [1.29, 1.82) is 0 Å². The summed E-state index contributed by atoms with van der Waals surface area (Å²) in [7, 11) is 1.89. The lowest BCUT2D eigenvalue weighted by Crippen LogP contribution is -1.89. The van der Waals surface area contributed by atoms with E-state index in [-0.39, 0.29) is 0 Å². The zero-order valence-electron chi connectivity index (χ0n) is 9.96. The second-order valence-corrected chi connectivity index (χ2v) is 3.26. The van der Waals surface area contributed by atoms with Crippen molar-refractivity contribution in [1.82, 2.24) is 5.32 Å². The first-order chi connectivity index (χ1) is 7.24. The summed E-state index contributed by atoms with van der Waals surface area (Å²) in [5, 5.41) is 2.94. The second kappa shape index (κ2) is 9.07. The largest absolute Gasteiger partial charge is 0.394 e. The predicted molar refractivity (Wildman–Crippen MR) is 69.7 cm³/mol. The Kier molecular flexibility index (Phi) is 8.16. The fourth-order valence-corrected chi connectivity index (χ4v) is 1.09. The molecule has 0 radical (unpaired) electrons. The summed E-state index contributed by atoms with van der Waals surface area (Å²) in [6, 6.07) is 0. The molecule has 0 rings (SSSR count). The lowest BCUT2D eigenvalue weighted by atomic mass is 10.1. The molecule has 0 aromatic rings. The van der Waals surface area contributed by atoms with Crippen LogP contribution in [0, 0.1) is 0 Å². The smallest absolute Gasteiger partial charge is 0.00277 e. The molecule has 1 nitrogen and oxygen atoms in total. The third-order valence-corrected chi connectivity index (χ3v) is 1.93. The summed E-state index contributed by atoms with van der Waals surface area (Å²) >= 11 is 0. The van der Waals surface area contributed by atoms with Crippen LogP contribution in [-0.2, 0) is 0 Å². The molecule has 0 atom stereocenters. The van der Waals surface area contributed by atoms with Gasteiger partial charge in [-0.25, -0.2) is 0 Å². The zero-order valence-corrected chi connectivity index (χ0v) is 9.96. The van der Waals surface area contributed by atoms with Crippen LogP contribution in [0.1, 0.15) is 20.3 Å². The Labute approximate surface area is 93.6 Å². The minimum absolute atomic E-state index is 0.971. The molecule has 0 fully saturated rings. The first-order valence-electron chi connectivity index (χ1n) is 5.19. The van der Waals surface area contributed by atoms with E-state index in [9.17, 15) is 0 Å². The fourth-order valence-electron chi connectivity index (χ4n) is 1.09. The molecule has 0 amide bonds. The van der Waals surface area contributed by atoms with E-state index < -0.39 is 0 Å². The van der Waals surface area contributed by atoms with Crippen molar-refractivity contribution in [3.63, 3.8) is 0 Å². The molecule has 0 aliphatic rings. The van der Waals surface area contributed by atoms with E-state index in [2.05, 4.69) is 37.0 Å². The highest BCUT2D eigenvalue weighted by Gasteiger charge is 1.87. The van der Waals surface area contributed by atoms with Crippen molar-refractivity contribution >= 4 is 0 Å². The third kappa shape index (κ3) is 7.56. The lowest BCUT2D eigenvalue weighted by molar-refractivity contribution is 1.10. The van der Waals surface area contributed by atoms with E-state index >= 15 is 0 Å². The maximum Gasteiger partial charge on any atom is 0.00277 e. The fraction of sp³-hybridized carbons (Fsp3) is 0.286. The Morgan fingerprint density at radius 2 is 2.07 bits per heavy atom. The van der Waals surface area contributed by atoms with Crippen LogP contribution in [0.15, 0.2) is 60.4 Å². The highest BCUT2D eigenvalue weighted by molar-refractivity contribution is 5.31. The van der Waals surface area contributed by atoms with E-state index in [4.69, 9.17) is 0 Å². The molecule has 15 heavy (non-hydrogen) atoms. The molecule has 0 spiro atoms. The van der Waals surface area contributed by atoms with Crippen LogP contribution in [0.2, 0.25) is 0 Å². The molecule has 82 valence electrons. The summed E-state index contributed by atoms with van der Waals surface area (Å²) in [6.45, 7) is 7.90. The van der Waals surface area contributed by atoms with Crippen LogP contribution < -0.4 is 5.32 Å². The van der Waals surface area contributed by atoms with Crippen molar-refractivity contribution < 1.29 is 0 Å². The van der Waals surface area contributed by atoms with Crippen molar-refractivity contribution in [2.45, 2.75) is 20.3 Å². The predicted octanol–water partition coefficient (Wildman–Crippen LogP) is 3.74. The average molecular weight is 203 g/mol. The van der Waals surface area contributed by atoms with Gasteiger partial charge in [-0.2, -0.15) is 0 Å². The van der Waals surface area contributed by atoms with Crippen LogP contribution in [0.4, 0.5) is 0 Å². The molecule has 0 bridgehead atoms. The van der Waals surface area contributed by atoms with Crippen LogP contribution in [0.3, 0.4) is 0 Å². The number of rotatable bonds is 6. The van der Waals surface area contributed by atoms with E-state index in [1.54, 1.807) is 0 Å². The van der Waals surface area contributed by atoms with Gasteiger partial charge >= 0.3 is 0 Å². The summed E-state index contributed by atoms with van der Waals surface area (Å²) in [4.78, 5) is 0. The van der Waals surface area contributed by atoms with E-state index in [0.717, 1.165) is 6.42 Å². The van der Waals surface area contributed by atoms with Gasteiger partial charge in [0.05, 0.1) is 0 Å². The average Bonchev–Trinajstić information content (AvgIpc) is 2.25. The van der Waals surface area contributed by atoms with Crippen molar-refractivity contribution in [3.05, 3.63) is 60.4 Å². The Bertz CT molecular complexity index is 290. The zero-order chi connectivity index (χ0) is 11.5.